The fourth-order valence-corrected chi connectivity index (χ4v) is 2.59. The topological polar surface area (TPSA) is 35.2 Å². The highest BCUT2D eigenvalue weighted by Gasteiger charge is 2.09. The molecule has 2 heteroatoms. The van der Waals surface area contributed by atoms with Crippen LogP contribution in [0.15, 0.2) is 60.7 Å². The van der Waals surface area contributed by atoms with E-state index in [1.165, 1.54) is 21.9 Å². The molecule has 0 radical (unpaired) electrons. The zero-order valence-electron chi connectivity index (χ0n) is 11.5. The maximum atomic E-state index is 5.92. The van der Waals surface area contributed by atoms with E-state index in [2.05, 4.69) is 48.5 Å². The van der Waals surface area contributed by atoms with Crippen molar-refractivity contribution in [2.24, 2.45) is 5.73 Å². The second-order valence-electron chi connectivity index (χ2n) is 4.76. The molecule has 0 saturated carbocycles. The van der Waals surface area contributed by atoms with Crippen molar-refractivity contribution in [2.75, 3.05) is 7.11 Å². The number of methoxy groups -OCH3 is 1. The van der Waals surface area contributed by atoms with Gasteiger partial charge >= 0.3 is 0 Å². The summed E-state index contributed by atoms with van der Waals surface area (Å²) in [6.07, 6.45) is 0. The average Bonchev–Trinajstić information content (AvgIpc) is 2.53. The van der Waals surface area contributed by atoms with Crippen molar-refractivity contribution in [3.05, 3.63) is 66.2 Å². The van der Waals surface area contributed by atoms with Gasteiger partial charge in [0.1, 0.15) is 5.75 Å². The van der Waals surface area contributed by atoms with E-state index in [0.717, 1.165) is 11.3 Å². The van der Waals surface area contributed by atoms with Gasteiger partial charge in [-0.2, -0.15) is 0 Å². The normalized spacial score (nSPS) is 10.7. The number of rotatable bonds is 3. The average molecular weight is 263 g/mol. The summed E-state index contributed by atoms with van der Waals surface area (Å²) in [7, 11) is 1.69. The molecule has 2 nitrogen and oxygen atoms in total. The Morgan fingerprint density at radius 2 is 1.70 bits per heavy atom. The molecule has 20 heavy (non-hydrogen) atoms. The second kappa shape index (κ2) is 5.35. The molecule has 0 aliphatic carbocycles. The van der Waals surface area contributed by atoms with Crippen LogP contribution in [-0.4, -0.2) is 7.11 Å². The van der Waals surface area contributed by atoms with E-state index in [0.29, 0.717) is 6.54 Å². The summed E-state index contributed by atoms with van der Waals surface area (Å²) < 4.78 is 5.36. The third-order valence-electron chi connectivity index (χ3n) is 3.60. The summed E-state index contributed by atoms with van der Waals surface area (Å²) in [5.41, 5.74) is 9.45. The molecule has 3 aromatic rings. The van der Waals surface area contributed by atoms with Crippen LogP contribution in [0.1, 0.15) is 5.56 Å². The van der Waals surface area contributed by atoms with E-state index in [1.54, 1.807) is 7.11 Å². The third-order valence-corrected chi connectivity index (χ3v) is 3.60. The minimum atomic E-state index is 0.525. The highest BCUT2D eigenvalue weighted by molar-refractivity contribution is 5.99. The minimum Gasteiger partial charge on any atom is -0.497 e. The van der Waals surface area contributed by atoms with Crippen molar-refractivity contribution in [2.45, 2.75) is 6.54 Å². The van der Waals surface area contributed by atoms with Gasteiger partial charge < -0.3 is 10.5 Å². The summed E-state index contributed by atoms with van der Waals surface area (Å²) in [4.78, 5) is 0. The van der Waals surface area contributed by atoms with Crippen LogP contribution in [-0.2, 0) is 6.54 Å². The van der Waals surface area contributed by atoms with E-state index < -0.39 is 0 Å². The van der Waals surface area contributed by atoms with Gasteiger partial charge in [0.05, 0.1) is 7.11 Å². The first-order valence-electron chi connectivity index (χ1n) is 6.68. The molecule has 0 fully saturated rings. The molecular formula is C18H17NO. The molecular weight excluding hydrogens is 246 g/mol. The van der Waals surface area contributed by atoms with Crippen LogP contribution >= 0.6 is 0 Å². The zero-order valence-corrected chi connectivity index (χ0v) is 11.5. The van der Waals surface area contributed by atoms with E-state index in [1.807, 2.05) is 12.1 Å². The quantitative estimate of drug-likeness (QED) is 0.776. The molecule has 0 aromatic heterocycles. The molecule has 0 aliphatic heterocycles. The molecule has 0 unspecified atom stereocenters. The van der Waals surface area contributed by atoms with Crippen LogP contribution in [0.4, 0.5) is 0 Å². The second-order valence-corrected chi connectivity index (χ2v) is 4.76. The highest BCUT2D eigenvalue weighted by atomic mass is 16.5. The van der Waals surface area contributed by atoms with Crippen molar-refractivity contribution in [3.63, 3.8) is 0 Å². The molecule has 0 amide bonds. The van der Waals surface area contributed by atoms with Gasteiger partial charge in [-0.05, 0) is 39.6 Å². The predicted octanol–water partition coefficient (Wildman–Crippen LogP) is 3.97. The minimum absolute atomic E-state index is 0.525. The Balaban J connectivity index is 2.36. The fourth-order valence-electron chi connectivity index (χ4n) is 2.59. The molecule has 0 spiro atoms. The SMILES string of the molecule is COc1ccc2ccc(CN)c(-c3ccccc3)c2c1. The first-order valence-corrected chi connectivity index (χ1v) is 6.68. The van der Waals surface area contributed by atoms with E-state index in [-0.39, 0.29) is 0 Å². The number of hydrogen-bond acceptors (Lipinski definition) is 2. The lowest BCUT2D eigenvalue weighted by Gasteiger charge is -2.13. The number of benzene rings is 3. The summed E-state index contributed by atoms with van der Waals surface area (Å²) in [5, 5.41) is 2.38. The Labute approximate surface area is 118 Å². The maximum absolute atomic E-state index is 5.92. The van der Waals surface area contributed by atoms with Gasteiger partial charge in [-0.25, -0.2) is 0 Å². The van der Waals surface area contributed by atoms with E-state index in [4.69, 9.17) is 10.5 Å². The van der Waals surface area contributed by atoms with Crippen molar-refractivity contribution < 1.29 is 4.74 Å². The number of nitrogens with two attached hydrogens (primary N) is 1. The smallest absolute Gasteiger partial charge is 0.119 e. The molecule has 3 rings (SSSR count). The van der Waals surface area contributed by atoms with Gasteiger partial charge in [0.2, 0.25) is 0 Å². The summed E-state index contributed by atoms with van der Waals surface area (Å²) >= 11 is 0. The first kappa shape index (κ1) is 12.7. The first-order chi connectivity index (χ1) is 9.83. The Kier molecular flexibility index (Phi) is 3.40. The molecule has 0 saturated heterocycles. The van der Waals surface area contributed by atoms with Gasteiger partial charge in [0, 0.05) is 6.54 Å². The highest BCUT2D eigenvalue weighted by Crippen LogP contribution is 2.34. The van der Waals surface area contributed by atoms with Crippen LogP contribution < -0.4 is 10.5 Å². The fraction of sp³-hybridized carbons (Fsp3) is 0.111. The molecule has 3 aromatic carbocycles. The monoisotopic (exact) mass is 263 g/mol. The van der Waals surface area contributed by atoms with E-state index >= 15 is 0 Å². The predicted molar refractivity (Wildman–Crippen MR) is 83.8 cm³/mol. The maximum Gasteiger partial charge on any atom is 0.119 e. The van der Waals surface area contributed by atoms with Crippen LogP contribution in [0.5, 0.6) is 5.75 Å². The Morgan fingerprint density at radius 3 is 2.40 bits per heavy atom. The van der Waals surface area contributed by atoms with Gasteiger partial charge in [0.25, 0.3) is 0 Å². The van der Waals surface area contributed by atoms with Crippen LogP contribution in [0.3, 0.4) is 0 Å². The van der Waals surface area contributed by atoms with Gasteiger partial charge in [-0.3, -0.25) is 0 Å². The Morgan fingerprint density at radius 1 is 0.950 bits per heavy atom. The molecule has 0 heterocycles. The Bertz CT molecular complexity index is 730. The number of fused-ring (bicyclic) bond motifs is 1. The molecule has 2 N–H and O–H groups in total. The summed E-state index contributed by atoms with van der Waals surface area (Å²) in [6.45, 7) is 0.525. The van der Waals surface area contributed by atoms with Crippen LogP contribution in [0, 0.1) is 0 Å². The molecule has 100 valence electrons. The Hall–Kier alpha value is -2.32. The van der Waals surface area contributed by atoms with Crippen LogP contribution in [0.25, 0.3) is 21.9 Å². The van der Waals surface area contributed by atoms with Crippen molar-refractivity contribution in [1.29, 1.82) is 0 Å². The lowest BCUT2D eigenvalue weighted by molar-refractivity contribution is 0.415. The van der Waals surface area contributed by atoms with Crippen LogP contribution in [0.2, 0.25) is 0 Å². The van der Waals surface area contributed by atoms with E-state index in [9.17, 15) is 0 Å². The molecule has 0 aliphatic rings. The lowest BCUT2D eigenvalue weighted by Crippen LogP contribution is -1.99. The zero-order chi connectivity index (χ0) is 13.9. The number of hydrogen-bond donors (Lipinski definition) is 1. The number of ether oxygens (including phenoxy) is 1. The van der Waals surface area contributed by atoms with Crippen molar-refractivity contribution in [1.82, 2.24) is 0 Å². The molecule has 0 atom stereocenters. The third kappa shape index (κ3) is 2.15. The largest absolute Gasteiger partial charge is 0.497 e. The lowest BCUT2D eigenvalue weighted by atomic mass is 9.93. The van der Waals surface area contributed by atoms with Crippen molar-refractivity contribution in [3.8, 4) is 16.9 Å². The summed E-state index contributed by atoms with van der Waals surface area (Å²) in [5.74, 6) is 0.865. The molecule has 0 bridgehead atoms. The standard InChI is InChI=1S/C18H17NO/c1-20-16-10-9-13-7-8-15(12-19)18(17(13)11-16)14-5-3-2-4-6-14/h2-11H,12,19H2,1H3. The van der Waals surface area contributed by atoms with Gasteiger partial charge in [-0.1, -0.05) is 48.5 Å². The van der Waals surface area contributed by atoms with Crippen molar-refractivity contribution >= 4 is 10.8 Å². The van der Waals surface area contributed by atoms with Gasteiger partial charge in [0.15, 0.2) is 0 Å². The summed E-state index contributed by atoms with van der Waals surface area (Å²) in [6, 6.07) is 20.7. The van der Waals surface area contributed by atoms with Gasteiger partial charge in [-0.15, -0.1) is 0 Å².